The fourth-order valence-electron chi connectivity index (χ4n) is 8.72. The zero-order chi connectivity index (χ0) is 40.3. The van der Waals surface area contributed by atoms with Gasteiger partial charge in [0.25, 0.3) is 0 Å². The van der Waals surface area contributed by atoms with E-state index in [4.69, 9.17) is 4.42 Å². The van der Waals surface area contributed by atoms with E-state index in [1.165, 1.54) is 84.0 Å². The molecule has 0 spiro atoms. The van der Waals surface area contributed by atoms with Gasteiger partial charge in [0.05, 0.1) is 11.0 Å². The number of para-hydroxylation sites is 2. The fourth-order valence-corrected chi connectivity index (χ4v) is 8.72. The number of hydrogen-bond donors (Lipinski definition) is 0. The van der Waals surface area contributed by atoms with Crippen LogP contribution in [-0.2, 0) is 6.42 Å². The van der Waals surface area contributed by atoms with Gasteiger partial charge in [-0.15, -0.1) is 6.58 Å². The minimum atomic E-state index is 0.907. The Morgan fingerprint density at radius 1 is 0.559 bits per heavy atom. The summed E-state index contributed by atoms with van der Waals surface area (Å²) >= 11 is 0. The molecule has 11 rings (SSSR count). The van der Waals surface area contributed by atoms with Crippen molar-refractivity contribution in [2.75, 3.05) is 0 Å². The molecular formula is C57H47NO. The Bertz CT molecular complexity index is 3130. The van der Waals surface area contributed by atoms with Crippen molar-refractivity contribution in [3.05, 3.63) is 218 Å². The van der Waals surface area contributed by atoms with Crippen LogP contribution in [0, 0.1) is 0 Å². The molecule has 0 radical (unpaired) electrons. The zero-order valence-electron chi connectivity index (χ0n) is 33.8. The van der Waals surface area contributed by atoms with E-state index in [2.05, 4.69) is 182 Å². The van der Waals surface area contributed by atoms with Crippen LogP contribution in [0.3, 0.4) is 0 Å². The molecule has 2 nitrogen and oxygen atoms in total. The maximum Gasteiger partial charge on any atom is 0.135 e. The quantitative estimate of drug-likeness (QED) is 0.126. The summed E-state index contributed by atoms with van der Waals surface area (Å²) in [6.07, 6.45) is 15.4. The number of hydrogen-bond acceptors (Lipinski definition) is 1. The molecule has 7 aromatic carbocycles. The number of nitrogens with zero attached hydrogens (tertiary/aromatic N) is 1. The highest BCUT2D eigenvalue weighted by Gasteiger charge is 2.22. The van der Waals surface area contributed by atoms with Gasteiger partial charge in [0, 0.05) is 27.2 Å². The lowest BCUT2D eigenvalue weighted by molar-refractivity contribution is 0.669. The maximum absolute atomic E-state index is 6.38. The largest absolute Gasteiger partial charge is 0.456 e. The minimum Gasteiger partial charge on any atom is -0.456 e. The average Bonchev–Trinajstić information content (AvgIpc) is 3.96. The average molecular weight is 762 g/mol. The highest BCUT2D eigenvalue weighted by atomic mass is 16.3. The molecule has 0 N–H and O–H groups in total. The Morgan fingerprint density at radius 3 is 1.83 bits per heavy atom. The molecule has 2 aliphatic rings. The molecule has 0 unspecified atom stereocenters. The Morgan fingerprint density at radius 2 is 1.15 bits per heavy atom. The van der Waals surface area contributed by atoms with Crippen LogP contribution in [0.1, 0.15) is 37.8 Å². The van der Waals surface area contributed by atoms with E-state index in [9.17, 15) is 0 Å². The number of rotatable bonds is 5. The first kappa shape index (κ1) is 37.4. The Hall–Kier alpha value is -7.16. The second-order valence-electron chi connectivity index (χ2n) is 15.2. The molecule has 0 amide bonds. The molecule has 0 aliphatic heterocycles. The topological polar surface area (TPSA) is 18.1 Å². The van der Waals surface area contributed by atoms with Crippen molar-refractivity contribution < 1.29 is 4.42 Å². The van der Waals surface area contributed by atoms with Crippen LogP contribution >= 0.6 is 0 Å². The van der Waals surface area contributed by atoms with E-state index in [0.717, 1.165) is 34.8 Å². The first-order chi connectivity index (χ1) is 29.1. The number of benzene rings is 7. The number of furan rings is 1. The molecule has 2 heteroatoms. The number of aromatic nitrogens is 1. The van der Waals surface area contributed by atoms with E-state index >= 15 is 0 Å². The lowest BCUT2D eigenvalue weighted by Crippen LogP contribution is -1.92. The Kier molecular flexibility index (Phi) is 10.4. The first-order valence-electron chi connectivity index (χ1n) is 20.6. The van der Waals surface area contributed by atoms with Crippen LogP contribution in [0.25, 0.3) is 88.4 Å². The monoisotopic (exact) mass is 761 g/mol. The summed E-state index contributed by atoms with van der Waals surface area (Å²) in [5.74, 6) is 0. The minimum absolute atomic E-state index is 0.907. The third kappa shape index (κ3) is 7.08. The predicted molar refractivity (Wildman–Crippen MR) is 254 cm³/mol. The smallest absolute Gasteiger partial charge is 0.135 e. The summed E-state index contributed by atoms with van der Waals surface area (Å²) in [5.41, 5.74) is 18.6. The van der Waals surface area contributed by atoms with Crippen molar-refractivity contribution in [3.63, 3.8) is 0 Å². The molecule has 9 aromatic rings. The van der Waals surface area contributed by atoms with Crippen LogP contribution in [0.15, 0.2) is 211 Å². The summed E-state index contributed by atoms with van der Waals surface area (Å²) in [4.78, 5) is 0. The third-order valence-electron chi connectivity index (χ3n) is 11.4. The zero-order valence-corrected chi connectivity index (χ0v) is 33.8. The van der Waals surface area contributed by atoms with Crippen LogP contribution in [0.5, 0.6) is 0 Å². The van der Waals surface area contributed by atoms with Crippen molar-refractivity contribution in [1.29, 1.82) is 0 Å². The number of allylic oxidation sites excluding steroid dienone is 8. The Balaban J connectivity index is 0.000000518. The van der Waals surface area contributed by atoms with Crippen molar-refractivity contribution in [1.82, 2.24) is 4.57 Å². The SMILES string of the molecule is C1=CC2=C(CC1)Cc1ccc(-c3cccc(-c4ccc5oc6ccc(-c7ccc8c(c7)c7ccccc7n8-c7ccccc7)cc6c5c4)c3)cc12.C=C/C=C\C.C=CC. The summed E-state index contributed by atoms with van der Waals surface area (Å²) in [6.45, 7) is 10.7. The molecule has 59 heavy (non-hydrogen) atoms. The van der Waals surface area contributed by atoms with Gasteiger partial charge in [-0.05, 0) is 150 Å². The van der Waals surface area contributed by atoms with Gasteiger partial charge in [-0.25, -0.2) is 0 Å². The normalized spacial score (nSPS) is 13.0. The van der Waals surface area contributed by atoms with E-state index in [-0.39, 0.29) is 0 Å². The van der Waals surface area contributed by atoms with Crippen LogP contribution < -0.4 is 0 Å². The van der Waals surface area contributed by atoms with Gasteiger partial charge in [0.15, 0.2) is 0 Å². The molecule has 2 heterocycles. The van der Waals surface area contributed by atoms with E-state index < -0.39 is 0 Å². The second-order valence-corrected chi connectivity index (χ2v) is 15.2. The van der Waals surface area contributed by atoms with Crippen molar-refractivity contribution in [2.45, 2.75) is 33.1 Å². The Labute approximate surface area is 347 Å². The molecule has 0 bridgehead atoms. The molecular weight excluding hydrogens is 715 g/mol. The van der Waals surface area contributed by atoms with Crippen LogP contribution in [0.4, 0.5) is 0 Å². The standard InChI is InChI=1S/C49H33NO.C5H8.C3H6/c1-2-12-39(13-3-1)50-46-16-7-6-15-41(46)43-28-34(19-22-47(43)50)36-21-24-49-45(30-36)44-29-35(20-23-48(44)51-49)32-11-8-10-31(25-32)33-17-18-38-26-37-9-4-5-14-40(37)42(38)27-33;1-3-5-4-2;1-3-2/h1-3,5-8,10-25,27-30H,4,9,26H2;3-5H,1H2,2H3;3H,1H2,2H3/b;5-4-;. The fraction of sp³-hybridized carbons (Fsp3) is 0.0877. The highest BCUT2D eigenvalue weighted by Crippen LogP contribution is 2.42. The summed E-state index contributed by atoms with van der Waals surface area (Å²) in [6, 6.07) is 55.4. The van der Waals surface area contributed by atoms with Gasteiger partial charge in [0.1, 0.15) is 11.2 Å². The molecule has 0 fully saturated rings. The van der Waals surface area contributed by atoms with Crippen molar-refractivity contribution in [3.8, 4) is 39.1 Å². The van der Waals surface area contributed by atoms with E-state index in [1.54, 1.807) is 17.7 Å². The van der Waals surface area contributed by atoms with Gasteiger partial charge in [-0.2, -0.15) is 0 Å². The predicted octanol–water partition coefficient (Wildman–Crippen LogP) is 16.3. The van der Waals surface area contributed by atoms with Gasteiger partial charge >= 0.3 is 0 Å². The van der Waals surface area contributed by atoms with Crippen molar-refractivity contribution >= 4 is 49.3 Å². The summed E-state index contributed by atoms with van der Waals surface area (Å²) in [5, 5.41) is 4.78. The lowest BCUT2D eigenvalue weighted by atomic mass is 9.94. The van der Waals surface area contributed by atoms with Gasteiger partial charge < -0.3 is 8.98 Å². The van der Waals surface area contributed by atoms with Gasteiger partial charge in [0.2, 0.25) is 0 Å². The molecule has 0 saturated carbocycles. The third-order valence-corrected chi connectivity index (χ3v) is 11.4. The number of fused-ring (bicyclic) bond motifs is 8. The van der Waals surface area contributed by atoms with Crippen LogP contribution in [0.2, 0.25) is 0 Å². The van der Waals surface area contributed by atoms with E-state index in [1.807, 2.05) is 26.0 Å². The molecule has 0 saturated heterocycles. The molecule has 2 aliphatic carbocycles. The molecule has 286 valence electrons. The lowest BCUT2D eigenvalue weighted by Gasteiger charge is -2.10. The van der Waals surface area contributed by atoms with Gasteiger partial charge in [-0.3, -0.25) is 0 Å². The van der Waals surface area contributed by atoms with E-state index in [0.29, 0.717) is 0 Å². The second kappa shape index (κ2) is 16.4. The van der Waals surface area contributed by atoms with Crippen LogP contribution in [-0.4, -0.2) is 4.57 Å². The highest BCUT2D eigenvalue weighted by molar-refractivity contribution is 6.11. The summed E-state index contributed by atoms with van der Waals surface area (Å²) in [7, 11) is 0. The van der Waals surface area contributed by atoms with Crippen molar-refractivity contribution in [2.24, 2.45) is 0 Å². The summed E-state index contributed by atoms with van der Waals surface area (Å²) < 4.78 is 8.74. The first-order valence-corrected chi connectivity index (χ1v) is 20.6. The molecule has 2 aromatic heterocycles. The maximum atomic E-state index is 6.38. The van der Waals surface area contributed by atoms with Gasteiger partial charge in [-0.1, -0.05) is 134 Å². The molecule has 0 atom stereocenters.